The van der Waals surface area contributed by atoms with Crippen LogP contribution in [0.2, 0.25) is 0 Å². The fourth-order valence-corrected chi connectivity index (χ4v) is 6.17. The lowest BCUT2D eigenvalue weighted by molar-refractivity contribution is -0.126. The van der Waals surface area contributed by atoms with Gasteiger partial charge in [-0.25, -0.2) is 0 Å². The molecule has 0 bridgehead atoms. The van der Waals surface area contributed by atoms with E-state index in [1.54, 1.807) is 12.0 Å². The first kappa shape index (κ1) is 27.9. The van der Waals surface area contributed by atoms with E-state index < -0.39 is 11.9 Å². The summed E-state index contributed by atoms with van der Waals surface area (Å²) in [6.45, 7) is 2.10. The van der Waals surface area contributed by atoms with Crippen molar-refractivity contribution in [2.24, 2.45) is 0 Å². The smallest absolute Gasteiger partial charge is 0.273 e. The van der Waals surface area contributed by atoms with Crippen molar-refractivity contribution in [3.63, 3.8) is 0 Å². The number of nitrogens with one attached hydrogen (secondary N) is 2. The summed E-state index contributed by atoms with van der Waals surface area (Å²) in [4.78, 5) is 42.0. The second kappa shape index (κ2) is 13.1. The van der Waals surface area contributed by atoms with Gasteiger partial charge in [0.15, 0.2) is 5.69 Å². The molecule has 0 unspecified atom stereocenters. The summed E-state index contributed by atoms with van der Waals surface area (Å²) >= 11 is 0.913. The average molecular weight is 542 g/mol. The molecule has 1 aromatic carbocycles. The Bertz CT molecular complexity index is 1110. The number of benzene rings is 1. The molecule has 4 N–H and O–H groups in total. The van der Waals surface area contributed by atoms with Crippen molar-refractivity contribution in [2.75, 3.05) is 12.8 Å². The summed E-state index contributed by atoms with van der Waals surface area (Å²) < 4.78 is 9.53. The van der Waals surface area contributed by atoms with Gasteiger partial charge in [0.05, 0.1) is 12.8 Å². The predicted molar refractivity (Wildman–Crippen MR) is 148 cm³/mol. The molecule has 1 atom stereocenters. The molecule has 0 spiro atoms. The summed E-state index contributed by atoms with van der Waals surface area (Å²) in [6, 6.07) is 6.95. The number of nitrogens with two attached hydrogens (primary N) is 1. The number of hydrogen-bond acceptors (Lipinski definition) is 7. The summed E-state index contributed by atoms with van der Waals surface area (Å²) in [6.07, 6.45) is 9.77. The van der Waals surface area contributed by atoms with Crippen LogP contribution in [0.1, 0.15) is 96.9 Å². The molecule has 0 radical (unpaired) electrons. The van der Waals surface area contributed by atoms with Crippen LogP contribution in [0, 0.1) is 0 Å². The van der Waals surface area contributed by atoms with Gasteiger partial charge in [-0.05, 0) is 61.3 Å². The Balaban J connectivity index is 1.57. The number of anilines is 1. The van der Waals surface area contributed by atoms with E-state index in [0.29, 0.717) is 12.2 Å². The van der Waals surface area contributed by atoms with E-state index in [9.17, 15) is 14.4 Å². The molecule has 2 aromatic rings. The van der Waals surface area contributed by atoms with Gasteiger partial charge in [-0.1, -0.05) is 51.2 Å². The second-order valence-corrected chi connectivity index (χ2v) is 11.1. The van der Waals surface area contributed by atoms with E-state index in [2.05, 4.69) is 15.0 Å². The molecule has 10 heteroatoms. The van der Waals surface area contributed by atoms with Gasteiger partial charge >= 0.3 is 0 Å². The Morgan fingerprint density at radius 2 is 1.63 bits per heavy atom. The first-order valence-corrected chi connectivity index (χ1v) is 14.5. The first-order chi connectivity index (χ1) is 18.4. The fraction of sp³-hybridized carbons (Fsp3) is 0.571. The van der Waals surface area contributed by atoms with Crippen LogP contribution in [0.5, 0.6) is 5.75 Å². The number of methoxy groups -OCH3 is 1. The molecule has 9 nitrogen and oxygen atoms in total. The van der Waals surface area contributed by atoms with Crippen LogP contribution in [0.3, 0.4) is 0 Å². The van der Waals surface area contributed by atoms with Gasteiger partial charge in [0.1, 0.15) is 16.7 Å². The molecule has 0 saturated heterocycles. The van der Waals surface area contributed by atoms with E-state index in [-0.39, 0.29) is 46.7 Å². The van der Waals surface area contributed by atoms with E-state index in [0.717, 1.165) is 68.5 Å². The van der Waals surface area contributed by atoms with Crippen LogP contribution >= 0.6 is 11.5 Å². The quantitative estimate of drug-likeness (QED) is 0.412. The molecule has 2 aliphatic rings. The molecule has 2 aliphatic carbocycles. The van der Waals surface area contributed by atoms with E-state index in [1.165, 1.54) is 6.42 Å². The number of hydrogen-bond donors (Lipinski definition) is 3. The zero-order valence-corrected chi connectivity index (χ0v) is 23.1. The van der Waals surface area contributed by atoms with Crippen molar-refractivity contribution < 1.29 is 19.1 Å². The molecule has 4 rings (SSSR count). The lowest BCUT2D eigenvalue weighted by atomic mass is 9.95. The van der Waals surface area contributed by atoms with Crippen LogP contribution in [0.15, 0.2) is 24.3 Å². The Kier molecular flexibility index (Phi) is 9.60. The van der Waals surface area contributed by atoms with Crippen molar-refractivity contribution in [3.05, 3.63) is 40.4 Å². The molecule has 38 heavy (non-hydrogen) atoms. The molecule has 2 saturated carbocycles. The van der Waals surface area contributed by atoms with Gasteiger partial charge in [0.25, 0.3) is 11.8 Å². The number of carbonyl (C=O) groups excluding carboxylic acids is 3. The Labute approximate surface area is 228 Å². The number of aromatic nitrogens is 1. The highest BCUT2D eigenvalue weighted by molar-refractivity contribution is 7.09. The minimum absolute atomic E-state index is 0.0686. The number of carbonyl (C=O) groups is 3. The first-order valence-electron chi connectivity index (χ1n) is 13.7. The van der Waals surface area contributed by atoms with Crippen molar-refractivity contribution in [1.82, 2.24) is 19.9 Å². The maximum absolute atomic E-state index is 13.9. The van der Waals surface area contributed by atoms with Gasteiger partial charge in [-0.3, -0.25) is 14.4 Å². The standard InChI is InChI=1S/C28H39N5O4S/c1-3-22(26(34)30-19-11-7-8-12-19)33(17-18-13-15-21(37-2)16-14-18)28(36)25-23(29)24(32-38-25)27(35)31-20-9-5-4-6-10-20/h13-16,19-20,22H,3-12,17,29H2,1-2H3,(H,30,34)(H,31,35)/t22-/m0/s1. The van der Waals surface area contributed by atoms with Gasteiger partial charge in [0.2, 0.25) is 5.91 Å². The van der Waals surface area contributed by atoms with Crippen molar-refractivity contribution in [3.8, 4) is 5.75 Å². The number of ether oxygens (including phenoxy) is 1. The minimum atomic E-state index is -0.689. The summed E-state index contributed by atoms with van der Waals surface area (Å²) in [5, 5.41) is 6.17. The van der Waals surface area contributed by atoms with Gasteiger partial charge in [0, 0.05) is 18.6 Å². The number of nitrogen functional groups attached to an aromatic ring is 1. The average Bonchev–Trinajstić information content (AvgIpc) is 3.58. The second-order valence-electron chi connectivity index (χ2n) is 10.3. The molecule has 1 aromatic heterocycles. The minimum Gasteiger partial charge on any atom is -0.497 e. The molecular formula is C28H39N5O4S. The van der Waals surface area contributed by atoms with E-state index in [4.69, 9.17) is 10.5 Å². The third kappa shape index (κ3) is 6.64. The Hall–Kier alpha value is -3.14. The Morgan fingerprint density at radius 3 is 2.24 bits per heavy atom. The highest BCUT2D eigenvalue weighted by Crippen LogP contribution is 2.28. The van der Waals surface area contributed by atoms with Crippen LogP contribution in [0.4, 0.5) is 5.69 Å². The van der Waals surface area contributed by atoms with E-state index >= 15 is 0 Å². The maximum atomic E-state index is 13.9. The SMILES string of the molecule is CC[C@@H](C(=O)NC1CCCC1)N(Cc1ccc(OC)cc1)C(=O)c1snc(C(=O)NC2CCCCC2)c1N. The van der Waals surface area contributed by atoms with Crippen LogP contribution in [-0.2, 0) is 11.3 Å². The Morgan fingerprint density at radius 1 is 1.03 bits per heavy atom. The monoisotopic (exact) mass is 541 g/mol. The van der Waals surface area contributed by atoms with Crippen LogP contribution in [-0.4, -0.2) is 52.2 Å². The maximum Gasteiger partial charge on any atom is 0.273 e. The summed E-state index contributed by atoms with van der Waals surface area (Å²) in [5.74, 6) is -0.212. The molecular weight excluding hydrogens is 502 g/mol. The third-order valence-corrected chi connectivity index (χ3v) is 8.47. The lowest BCUT2D eigenvalue weighted by Gasteiger charge is -2.31. The van der Waals surface area contributed by atoms with E-state index in [1.807, 2.05) is 31.2 Å². The topological polar surface area (TPSA) is 127 Å². The zero-order valence-electron chi connectivity index (χ0n) is 22.3. The molecule has 2 fully saturated rings. The molecule has 206 valence electrons. The highest BCUT2D eigenvalue weighted by atomic mass is 32.1. The molecule has 0 aliphatic heterocycles. The highest BCUT2D eigenvalue weighted by Gasteiger charge is 2.34. The fourth-order valence-electron chi connectivity index (χ4n) is 5.41. The summed E-state index contributed by atoms with van der Waals surface area (Å²) in [7, 11) is 1.60. The molecule has 1 heterocycles. The zero-order chi connectivity index (χ0) is 27.1. The summed E-state index contributed by atoms with van der Waals surface area (Å²) in [5.41, 5.74) is 7.35. The molecule has 3 amide bonds. The van der Waals surface area contributed by atoms with Crippen molar-refractivity contribution >= 4 is 34.9 Å². The number of nitrogens with zero attached hydrogens (tertiary/aromatic N) is 2. The van der Waals surface area contributed by atoms with Gasteiger partial charge in [-0.2, -0.15) is 4.37 Å². The van der Waals surface area contributed by atoms with Gasteiger partial charge < -0.3 is 26.0 Å². The normalized spacial score (nSPS) is 17.1. The number of rotatable bonds is 10. The predicted octanol–water partition coefficient (Wildman–Crippen LogP) is 4.28. The third-order valence-electron chi connectivity index (χ3n) is 7.62. The van der Waals surface area contributed by atoms with Gasteiger partial charge in [-0.15, -0.1) is 0 Å². The largest absolute Gasteiger partial charge is 0.497 e. The van der Waals surface area contributed by atoms with Crippen LogP contribution in [0.25, 0.3) is 0 Å². The number of amides is 3. The van der Waals surface area contributed by atoms with Crippen molar-refractivity contribution in [1.29, 1.82) is 0 Å². The van der Waals surface area contributed by atoms with Crippen molar-refractivity contribution in [2.45, 2.75) is 95.8 Å². The van der Waals surface area contributed by atoms with Crippen LogP contribution < -0.4 is 21.1 Å². The lowest BCUT2D eigenvalue weighted by Crippen LogP contribution is -2.50.